The van der Waals surface area contributed by atoms with Crippen LogP contribution in [-0.2, 0) is 4.74 Å². The van der Waals surface area contributed by atoms with Crippen molar-refractivity contribution in [1.29, 1.82) is 0 Å². The molecule has 0 atom stereocenters. The number of aryl methyl sites for hydroxylation is 1. The Kier molecular flexibility index (Phi) is 4.18. The molecule has 2 N–H and O–H groups in total. The fourth-order valence-electron chi connectivity index (χ4n) is 3.62. The molecule has 0 amide bonds. The van der Waals surface area contributed by atoms with Gasteiger partial charge >= 0.3 is 5.97 Å². The summed E-state index contributed by atoms with van der Waals surface area (Å²) in [5.41, 5.74) is 7.21. The number of nitrogens with zero attached hydrogens (tertiary/aromatic N) is 1. The number of halogens is 2. The number of carbonyl (C=O) groups excluding carboxylic acids is 1. The maximum atomic E-state index is 14.5. The first-order chi connectivity index (χ1) is 13.3. The van der Waals surface area contributed by atoms with Crippen molar-refractivity contribution < 1.29 is 18.3 Å². The fourth-order valence-corrected chi connectivity index (χ4v) is 3.62. The number of ether oxygens (including phenoxy) is 1. The van der Waals surface area contributed by atoms with E-state index in [1.807, 2.05) is 0 Å². The van der Waals surface area contributed by atoms with Gasteiger partial charge in [0.15, 0.2) is 0 Å². The Morgan fingerprint density at radius 1 is 1.18 bits per heavy atom. The van der Waals surface area contributed by atoms with Crippen molar-refractivity contribution in [2.75, 3.05) is 12.8 Å². The molecule has 0 radical (unpaired) electrons. The highest BCUT2D eigenvalue weighted by molar-refractivity contribution is 5.90. The largest absolute Gasteiger partial charge is 0.465 e. The number of rotatable bonds is 3. The van der Waals surface area contributed by atoms with Gasteiger partial charge in [-0.15, -0.1) is 0 Å². The molecule has 3 aromatic rings. The van der Waals surface area contributed by atoms with Crippen molar-refractivity contribution in [3.05, 3.63) is 69.1 Å². The van der Waals surface area contributed by atoms with Gasteiger partial charge in [0.1, 0.15) is 17.2 Å². The number of nitrogens with two attached hydrogens (primary N) is 1. The van der Waals surface area contributed by atoms with Gasteiger partial charge in [-0.3, -0.25) is 9.20 Å². The molecule has 2 heterocycles. The van der Waals surface area contributed by atoms with Crippen molar-refractivity contribution in [2.24, 2.45) is 0 Å². The van der Waals surface area contributed by atoms with Crippen molar-refractivity contribution in [3.8, 4) is 11.1 Å². The van der Waals surface area contributed by atoms with E-state index in [2.05, 4.69) is 0 Å². The van der Waals surface area contributed by atoms with Gasteiger partial charge in [-0.25, -0.2) is 13.6 Å². The van der Waals surface area contributed by atoms with E-state index in [-0.39, 0.29) is 22.7 Å². The summed E-state index contributed by atoms with van der Waals surface area (Å²) in [7, 11) is 1.22. The smallest absolute Gasteiger partial charge is 0.343 e. The van der Waals surface area contributed by atoms with Crippen LogP contribution in [0, 0.1) is 18.6 Å². The summed E-state index contributed by atoms with van der Waals surface area (Å²) in [6.07, 6.45) is 3.35. The molecule has 0 bridgehead atoms. The lowest BCUT2D eigenvalue weighted by molar-refractivity contribution is 0.0598. The van der Waals surface area contributed by atoms with Crippen LogP contribution in [0.1, 0.15) is 40.2 Å². The van der Waals surface area contributed by atoms with E-state index in [0.29, 0.717) is 16.6 Å². The second kappa shape index (κ2) is 6.44. The normalized spacial score (nSPS) is 13.7. The lowest BCUT2D eigenvalue weighted by atomic mass is 9.96. The molecule has 7 heteroatoms. The first-order valence-corrected chi connectivity index (χ1v) is 8.85. The highest BCUT2D eigenvalue weighted by Crippen LogP contribution is 2.43. The van der Waals surface area contributed by atoms with Gasteiger partial charge < -0.3 is 10.5 Å². The van der Waals surface area contributed by atoms with Crippen molar-refractivity contribution in [2.45, 2.75) is 25.7 Å². The van der Waals surface area contributed by atoms with E-state index in [4.69, 9.17) is 10.5 Å². The Hall–Kier alpha value is -3.22. The number of anilines is 1. The Balaban J connectivity index is 2.05. The number of nitrogen functional groups attached to an aromatic ring is 1. The molecule has 1 fully saturated rings. The summed E-state index contributed by atoms with van der Waals surface area (Å²) >= 11 is 0. The minimum absolute atomic E-state index is 0.0428. The first-order valence-electron chi connectivity index (χ1n) is 8.85. The van der Waals surface area contributed by atoms with E-state index in [1.54, 1.807) is 13.0 Å². The molecule has 0 spiro atoms. The quantitative estimate of drug-likeness (QED) is 0.551. The van der Waals surface area contributed by atoms with Gasteiger partial charge in [0.25, 0.3) is 5.56 Å². The SMILES string of the molecule is COC(=O)c1cc(C2CC2)c2c(C)c(-c3cc(F)c(N)cc3F)ccn2c1=O. The molecule has 0 unspecified atom stereocenters. The lowest BCUT2D eigenvalue weighted by Gasteiger charge is -2.16. The van der Waals surface area contributed by atoms with Crippen molar-refractivity contribution in [3.63, 3.8) is 0 Å². The lowest BCUT2D eigenvalue weighted by Crippen LogP contribution is -2.24. The maximum Gasteiger partial charge on any atom is 0.343 e. The number of fused-ring (bicyclic) bond motifs is 1. The van der Waals surface area contributed by atoms with Gasteiger partial charge in [0.05, 0.1) is 18.3 Å². The van der Waals surface area contributed by atoms with Crippen LogP contribution in [0.5, 0.6) is 0 Å². The summed E-state index contributed by atoms with van der Waals surface area (Å²) in [5.74, 6) is -1.85. The number of benzene rings is 1. The average molecular weight is 384 g/mol. The van der Waals surface area contributed by atoms with Crippen molar-refractivity contribution >= 4 is 17.2 Å². The predicted molar refractivity (Wildman–Crippen MR) is 101 cm³/mol. The zero-order valence-electron chi connectivity index (χ0n) is 15.4. The number of methoxy groups -OCH3 is 1. The molecule has 0 aliphatic heterocycles. The minimum atomic E-state index is -0.712. The van der Waals surface area contributed by atoms with Gasteiger partial charge in [-0.2, -0.15) is 0 Å². The van der Waals surface area contributed by atoms with Gasteiger partial charge in [0.2, 0.25) is 0 Å². The Bertz CT molecular complexity index is 1200. The van der Waals surface area contributed by atoms with Crippen LogP contribution in [0.2, 0.25) is 0 Å². The molecule has 1 aliphatic carbocycles. The molecule has 1 aromatic carbocycles. The standard InChI is InChI=1S/C21H18F2N2O3/c1-10-12(14-8-17(23)18(24)9-16(14)22)5-6-25-19(10)13(11-3-4-11)7-15(20(25)26)21(27)28-2/h5-9,11H,3-4,24H2,1-2H3. The van der Waals surface area contributed by atoms with Crippen LogP contribution in [0.15, 0.2) is 35.3 Å². The predicted octanol–water partition coefficient (Wildman–Crippen LogP) is 3.80. The molecule has 1 aliphatic rings. The second-order valence-corrected chi connectivity index (χ2v) is 7.01. The third kappa shape index (κ3) is 2.74. The third-order valence-corrected chi connectivity index (χ3v) is 5.21. The monoisotopic (exact) mass is 384 g/mol. The van der Waals surface area contributed by atoms with Crippen LogP contribution in [0.3, 0.4) is 0 Å². The summed E-state index contributed by atoms with van der Waals surface area (Å²) in [4.78, 5) is 24.8. The fraction of sp³-hybridized carbons (Fsp3) is 0.238. The van der Waals surface area contributed by atoms with Crippen LogP contribution in [-0.4, -0.2) is 17.5 Å². The maximum absolute atomic E-state index is 14.5. The van der Waals surface area contributed by atoms with Gasteiger partial charge in [0, 0.05) is 17.8 Å². The molecule has 144 valence electrons. The molecular weight excluding hydrogens is 366 g/mol. The molecule has 1 saturated carbocycles. The highest BCUT2D eigenvalue weighted by atomic mass is 19.1. The number of esters is 1. The summed E-state index contributed by atoms with van der Waals surface area (Å²) in [6.45, 7) is 1.75. The molecule has 4 rings (SSSR count). The molecule has 28 heavy (non-hydrogen) atoms. The number of pyridine rings is 2. The molecule has 2 aromatic heterocycles. The Morgan fingerprint density at radius 2 is 1.89 bits per heavy atom. The van der Waals surface area contributed by atoms with Crippen LogP contribution < -0.4 is 11.3 Å². The average Bonchev–Trinajstić information content (AvgIpc) is 3.50. The van der Waals surface area contributed by atoms with Crippen LogP contribution >= 0.6 is 0 Å². The zero-order chi connectivity index (χ0) is 20.2. The first kappa shape index (κ1) is 18.2. The van der Waals surface area contributed by atoms with Gasteiger partial charge in [-0.1, -0.05) is 0 Å². The van der Waals surface area contributed by atoms with Crippen LogP contribution in [0.25, 0.3) is 16.6 Å². The summed E-state index contributed by atoms with van der Waals surface area (Å²) < 4.78 is 34.5. The molecular formula is C21H18F2N2O3. The Labute approximate surface area is 159 Å². The van der Waals surface area contributed by atoms with E-state index >= 15 is 0 Å². The highest BCUT2D eigenvalue weighted by Gasteiger charge is 2.30. The molecule has 0 saturated heterocycles. The summed E-state index contributed by atoms with van der Waals surface area (Å²) in [5, 5.41) is 0. The van der Waals surface area contributed by atoms with E-state index < -0.39 is 23.2 Å². The number of aromatic nitrogens is 1. The number of carbonyl (C=O) groups is 1. The van der Waals surface area contributed by atoms with E-state index in [9.17, 15) is 18.4 Å². The van der Waals surface area contributed by atoms with Crippen LogP contribution in [0.4, 0.5) is 14.5 Å². The topological polar surface area (TPSA) is 73.8 Å². The minimum Gasteiger partial charge on any atom is -0.465 e. The number of hydrogen-bond acceptors (Lipinski definition) is 4. The summed E-state index contributed by atoms with van der Waals surface area (Å²) in [6, 6.07) is 5.11. The Morgan fingerprint density at radius 3 is 2.54 bits per heavy atom. The van der Waals surface area contributed by atoms with Gasteiger partial charge in [-0.05, 0) is 60.6 Å². The second-order valence-electron chi connectivity index (χ2n) is 7.01. The third-order valence-electron chi connectivity index (χ3n) is 5.21. The number of hydrogen-bond donors (Lipinski definition) is 1. The van der Waals surface area contributed by atoms with Crippen molar-refractivity contribution in [1.82, 2.24) is 4.40 Å². The molecule has 5 nitrogen and oxygen atoms in total. The zero-order valence-corrected chi connectivity index (χ0v) is 15.4. The van der Waals surface area contributed by atoms with E-state index in [0.717, 1.165) is 30.5 Å². The van der Waals surface area contributed by atoms with E-state index in [1.165, 1.54) is 23.8 Å².